The molecular weight excluding hydrogens is 370 g/mol. The molecule has 0 atom stereocenters. The summed E-state index contributed by atoms with van der Waals surface area (Å²) in [6, 6.07) is 17.2. The molecule has 2 aromatic carbocycles. The molecule has 0 saturated carbocycles. The number of para-hydroxylation sites is 1. The number of likely N-dealkylation sites (tertiary alicyclic amines) is 1. The second-order valence-corrected chi connectivity index (χ2v) is 6.84. The number of hydrogen-bond donors (Lipinski definition) is 1. The van der Waals surface area contributed by atoms with Crippen LogP contribution in [0.2, 0.25) is 0 Å². The van der Waals surface area contributed by atoms with Crippen molar-refractivity contribution in [2.45, 2.75) is 12.6 Å². The molecule has 0 bridgehead atoms. The van der Waals surface area contributed by atoms with E-state index in [1.807, 2.05) is 54.6 Å². The van der Waals surface area contributed by atoms with E-state index in [0.29, 0.717) is 37.0 Å². The lowest BCUT2D eigenvalue weighted by Crippen LogP contribution is -2.58. The molecule has 1 N–H and O–H groups in total. The van der Waals surface area contributed by atoms with Gasteiger partial charge in [-0.05, 0) is 29.8 Å². The summed E-state index contributed by atoms with van der Waals surface area (Å²) in [7, 11) is 3.18. The van der Waals surface area contributed by atoms with E-state index in [1.54, 1.807) is 19.1 Å². The van der Waals surface area contributed by atoms with Gasteiger partial charge in [0.05, 0.1) is 32.8 Å². The average Bonchev–Trinajstić information content (AvgIpc) is 2.73. The van der Waals surface area contributed by atoms with E-state index in [-0.39, 0.29) is 12.1 Å². The molecule has 2 amide bonds. The number of urea groups is 1. The van der Waals surface area contributed by atoms with Crippen LogP contribution in [0.5, 0.6) is 17.4 Å². The molecule has 7 heteroatoms. The maximum absolute atomic E-state index is 12.3. The first-order valence-corrected chi connectivity index (χ1v) is 9.42. The maximum Gasteiger partial charge on any atom is 0.317 e. The summed E-state index contributed by atoms with van der Waals surface area (Å²) in [5.41, 5.74) is 1.83. The van der Waals surface area contributed by atoms with Gasteiger partial charge < -0.3 is 24.4 Å². The highest BCUT2D eigenvalue weighted by Gasteiger charge is 2.32. The van der Waals surface area contributed by atoms with Gasteiger partial charge in [0.15, 0.2) is 11.5 Å². The quantitative estimate of drug-likeness (QED) is 0.696. The molecule has 1 aliphatic heterocycles. The number of benzene rings is 2. The van der Waals surface area contributed by atoms with E-state index in [4.69, 9.17) is 14.2 Å². The summed E-state index contributed by atoms with van der Waals surface area (Å²) in [5, 5.41) is 3.99. The molecule has 0 radical (unpaired) electrons. The summed E-state index contributed by atoms with van der Waals surface area (Å²) in [6.07, 6.45) is -0.0458. The van der Waals surface area contributed by atoms with E-state index >= 15 is 0 Å². The lowest BCUT2D eigenvalue weighted by atomic mass is 10.1. The highest BCUT2D eigenvalue weighted by atomic mass is 16.5. The number of nitrogens with one attached hydrogen (secondary N) is 1. The van der Waals surface area contributed by atoms with Crippen LogP contribution in [-0.2, 0) is 6.54 Å². The zero-order valence-electron chi connectivity index (χ0n) is 16.4. The molecule has 1 saturated heterocycles. The molecular formula is C22H23N3O4. The third-order valence-corrected chi connectivity index (χ3v) is 4.89. The molecule has 0 unspecified atom stereocenters. The monoisotopic (exact) mass is 393 g/mol. The second kappa shape index (κ2) is 8.26. The first kappa shape index (κ1) is 18.9. The van der Waals surface area contributed by atoms with Crippen LogP contribution in [0, 0.1) is 0 Å². The molecule has 3 aromatic rings. The van der Waals surface area contributed by atoms with Gasteiger partial charge in [-0.1, -0.05) is 24.3 Å². The normalized spacial score (nSPS) is 13.7. The number of aromatic nitrogens is 1. The predicted molar refractivity (Wildman–Crippen MR) is 110 cm³/mol. The van der Waals surface area contributed by atoms with E-state index in [1.165, 1.54) is 0 Å². The Morgan fingerprint density at radius 2 is 1.86 bits per heavy atom. The summed E-state index contributed by atoms with van der Waals surface area (Å²) in [5.74, 6) is 1.88. The average molecular weight is 393 g/mol. The van der Waals surface area contributed by atoms with Crippen molar-refractivity contribution < 1.29 is 19.0 Å². The topological polar surface area (TPSA) is 72.9 Å². The number of hydrogen-bond acceptors (Lipinski definition) is 5. The van der Waals surface area contributed by atoms with Gasteiger partial charge in [-0.25, -0.2) is 9.78 Å². The van der Waals surface area contributed by atoms with Crippen LogP contribution in [0.1, 0.15) is 5.56 Å². The van der Waals surface area contributed by atoms with E-state index in [2.05, 4.69) is 10.3 Å². The smallest absolute Gasteiger partial charge is 0.317 e. The Morgan fingerprint density at radius 3 is 2.66 bits per heavy atom. The van der Waals surface area contributed by atoms with Gasteiger partial charge in [-0.2, -0.15) is 0 Å². The van der Waals surface area contributed by atoms with Crippen molar-refractivity contribution >= 4 is 16.9 Å². The van der Waals surface area contributed by atoms with Crippen molar-refractivity contribution in [3.8, 4) is 17.4 Å². The Kier molecular flexibility index (Phi) is 5.37. The van der Waals surface area contributed by atoms with Crippen molar-refractivity contribution in [2.75, 3.05) is 27.3 Å². The molecule has 1 aliphatic rings. The Hall–Kier alpha value is -3.48. The standard InChI is InChI=1S/C22H23N3O4/c1-27-19-9-7-15(11-20(19)28-2)12-23-22(26)25-13-17(14-25)29-21-10-8-16-5-3-4-6-18(16)24-21/h3-11,17H,12-14H2,1-2H3,(H,23,26). The van der Waals surface area contributed by atoms with Crippen molar-refractivity contribution in [2.24, 2.45) is 0 Å². The summed E-state index contributed by atoms with van der Waals surface area (Å²) in [4.78, 5) is 18.6. The summed E-state index contributed by atoms with van der Waals surface area (Å²) < 4.78 is 16.4. The minimum absolute atomic E-state index is 0.0458. The number of carbonyl (C=O) groups is 1. The molecule has 150 valence electrons. The van der Waals surface area contributed by atoms with Gasteiger partial charge in [0.2, 0.25) is 5.88 Å². The molecule has 1 fully saturated rings. The molecule has 1 aromatic heterocycles. The zero-order chi connectivity index (χ0) is 20.2. The number of carbonyl (C=O) groups excluding carboxylic acids is 1. The molecule has 0 aliphatic carbocycles. The Labute approximate surface area is 169 Å². The SMILES string of the molecule is COc1ccc(CNC(=O)N2CC(Oc3ccc4ccccc4n3)C2)cc1OC. The molecule has 7 nitrogen and oxygen atoms in total. The first-order valence-electron chi connectivity index (χ1n) is 9.42. The first-order chi connectivity index (χ1) is 14.2. The highest BCUT2D eigenvalue weighted by molar-refractivity contribution is 5.78. The van der Waals surface area contributed by atoms with Crippen LogP contribution >= 0.6 is 0 Å². The molecule has 0 spiro atoms. The van der Waals surface area contributed by atoms with Gasteiger partial charge in [-0.15, -0.1) is 0 Å². The Morgan fingerprint density at radius 1 is 1.07 bits per heavy atom. The minimum atomic E-state index is -0.119. The predicted octanol–water partition coefficient (Wildman–Crippen LogP) is 3.22. The van der Waals surface area contributed by atoms with E-state index < -0.39 is 0 Å². The largest absolute Gasteiger partial charge is 0.493 e. The third-order valence-electron chi connectivity index (χ3n) is 4.89. The number of methoxy groups -OCH3 is 2. The van der Waals surface area contributed by atoms with Crippen LogP contribution in [-0.4, -0.2) is 49.3 Å². The minimum Gasteiger partial charge on any atom is -0.493 e. The zero-order valence-corrected chi connectivity index (χ0v) is 16.4. The van der Waals surface area contributed by atoms with Gasteiger partial charge in [0.1, 0.15) is 6.10 Å². The second-order valence-electron chi connectivity index (χ2n) is 6.84. The van der Waals surface area contributed by atoms with Gasteiger partial charge >= 0.3 is 6.03 Å². The Bertz CT molecular complexity index is 1020. The molecule has 4 rings (SSSR count). The van der Waals surface area contributed by atoms with Crippen molar-refractivity contribution in [3.63, 3.8) is 0 Å². The Balaban J connectivity index is 1.26. The van der Waals surface area contributed by atoms with Crippen LogP contribution in [0.25, 0.3) is 10.9 Å². The third kappa shape index (κ3) is 4.18. The van der Waals surface area contributed by atoms with Gasteiger partial charge in [-0.3, -0.25) is 0 Å². The van der Waals surface area contributed by atoms with Crippen LogP contribution in [0.3, 0.4) is 0 Å². The van der Waals surface area contributed by atoms with E-state index in [9.17, 15) is 4.79 Å². The van der Waals surface area contributed by atoms with Crippen LogP contribution in [0.15, 0.2) is 54.6 Å². The van der Waals surface area contributed by atoms with Crippen LogP contribution < -0.4 is 19.5 Å². The fraction of sp³-hybridized carbons (Fsp3) is 0.273. The summed E-state index contributed by atoms with van der Waals surface area (Å²) >= 11 is 0. The van der Waals surface area contributed by atoms with Crippen molar-refractivity contribution in [3.05, 3.63) is 60.2 Å². The number of fused-ring (bicyclic) bond motifs is 1. The molecule has 2 heterocycles. The number of ether oxygens (including phenoxy) is 3. The fourth-order valence-corrected chi connectivity index (χ4v) is 3.24. The maximum atomic E-state index is 12.3. The van der Waals surface area contributed by atoms with Crippen LogP contribution in [0.4, 0.5) is 4.79 Å². The number of rotatable bonds is 6. The van der Waals surface area contributed by atoms with E-state index in [0.717, 1.165) is 16.5 Å². The lowest BCUT2D eigenvalue weighted by molar-refractivity contribution is 0.0415. The van der Waals surface area contributed by atoms with Gasteiger partial charge in [0, 0.05) is 18.0 Å². The van der Waals surface area contributed by atoms with Crippen molar-refractivity contribution in [1.82, 2.24) is 15.2 Å². The number of nitrogens with zero attached hydrogens (tertiary/aromatic N) is 2. The lowest BCUT2D eigenvalue weighted by Gasteiger charge is -2.38. The number of pyridine rings is 1. The molecule has 29 heavy (non-hydrogen) atoms. The summed E-state index contributed by atoms with van der Waals surface area (Å²) in [6.45, 7) is 1.48. The fourth-order valence-electron chi connectivity index (χ4n) is 3.24. The number of amides is 2. The highest BCUT2D eigenvalue weighted by Crippen LogP contribution is 2.27. The van der Waals surface area contributed by atoms with Crippen molar-refractivity contribution in [1.29, 1.82) is 0 Å². The van der Waals surface area contributed by atoms with Gasteiger partial charge in [0.25, 0.3) is 0 Å².